The van der Waals surface area contributed by atoms with E-state index in [-0.39, 0.29) is 42.9 Å². The van der Waals surface area contributed by atoms with Crippen molar-refractivity contribution in [3.8, 4) is 0 Å². The van der Waals surface area contributed by atoms with Gasteiger partial charge >= 0.3 is 11.9 Å². The molecule has 0 aromatic rings. The predicted octanol–water partition coefficient (Wildman–Crippen LogP) is 2.97. The van der Waals surface area contributed by atoms with Crippen LogP contribution in [0.3, 0.4) is 0 Å². The molecule has 0 heterocycles. The molecule has 11 atom stereocenters. The average molecular weight is 1150 g/mol. The van der Waals surface area contributed by atoms with E-state index in [1.165, 1.54) is 89.8 Å². The lowest BCUT2D eigenvalue weighted by Gasteiger charge is -2.42. The predicted molar refractivity (Wildman–Crippen MR) is 310 cm³/mol. The van der Waals surface area contributed by atoms with Crippen LogP contribution in [0.5, 0.6) is 0 Å². The minimum absolute atomic E-state index is 0.00428. The summed E-state index contributed by atoms with van der Waals surface area (Å²) in [4.78, 5) is 160. The minimum atomic E-state index is -1.55. The number of likely N-dealkylation sites (N-methyl/N-ethyl adjacent to an activating group) is 6. The van der Waals surface area contributed by atoms with Gasteiger partial charge < -0.3 is 60.6 Å². The lowest BCUT2D eigenvalue weighted by Crippen LogP contribution is -2.64. The van der Waals surface area contributed by atoms with Crippen molar-refractivity contribution in [3.63, 3.8) is 0 Å². The van der Waals surface area contributed by atoms with Gasteiger partial charge in [-0.3, -0.25) is 52.7 Å². The highest BCUT2D eigenvalue weighted by molar-refractivity contribution is 5.98. The summed E-state index contributed by atoms with van der Waals surface area (Å²) < 4.78 is 10.6. The second-order valence-corrected chi connectivity index (χ2v) is 23.6. The normalized spacial score (nSPS) is 15.7. The van der Waals surface area contributed by atoms with E-state index in [0.29, 0.717) is 12.8 Å². The van der Waals surface area contributed by atoms with Crippen molar-refractivity contribution in [2.24, 2.45) is 41.2 Å². The quantitative estimate of drug-likeness (QED) is 0.0543. The van der Waals surface area contributed by atoms with Crippen LogP contribution in [0.1, 0.15) is 143 Å². The fraction of sp³-hybridized carbons (Fsp3) is 0.776. The van der Waals surface area contributed by atoms with E-state index in [1.54, 1.807) is 54.5 Å². The van der Waals surface area contributed by atoms with Crippen molar-refractivity contribution >= 4 is 65.1 Å². The van der Waals surface area contributed by atoms with Crippen LogP contribution in [0.4, 0.5) is 0 Å². The number of nitrogens with two attached hydrogens (primary N) is 1. The molecule has 5 N–H and O–H groups in total. The molecule has 0 rings (SSSR count). The monoisotopic (exact) mass is 1150 g/mol. The summed E-state index contributed by atoms with van der Waals surface area (Å²) in [6, 6.07) is -10.4. The van der Waals surface area contributed by atoms with Gasteiger partial charge in [-0.2, -0.15) is 0 Å². The number of amides is 9. The minimum Gasteiger partial charge on any atom is -0.468 e. The Hall–Kier alpha value is -6.13. The maximum Gasteiger partial charge on any atom is 0.325 e. The average Bonchev–Trinajstić information content (AvgIpc) is 3.38. The lowest BCUT2D eigenvalue weighted by atomic mass is 9.91. The number of carbonyl (C=O) groups excluding carboxylic acids is 11. The summed E-state index contributed by atoms with van der Waals surface area (Å²) in [6.07, 6.45) is 3.33. The summed E-state index contributed by atoms with van der Waals surface area (Å²) in [7, 11) is 9.73. The molecule has 0 radical (unpaired) electrons. The zero-order valence-corrected chi connectivity index (χ0v) is 53.2. The van der Waals surface area contributed by atoms with Crippen molar-refractivity contribution in [2.45, 2.75) is 203 Å². The molecular weight excluding hydrogens is 1040 g/mol. The van der Waals surface area contributed by atoms with Crippen LogP contribution in [-0.2, 0) is 62.2 Å². The Morgan fingerprint density at radius 1 is 0.519 bits per heavy atom. The zero-order valence-electron chi connectivity index (χ0n) is 53.2. The number of nitrogens with one attached hydrogen (secondary N) is 3. The molecule has 23 heteroatoms. The fourth-order valence-electron chi connectivity index (χ4n) is 9.45. The van der Waals surface area contributed by atoms with Gasteiger partial charge in [0, 0.05) is 49.2 Å². The maximum absolute atomic E-state index is 15.2. The second kappa shape index (κ2) is 35.0. The van der Waals surface area contributed by atoms with Crippen molar-refractivity contribution in [1.82, 2.24) is 45.3 Å². The number of esters is 2. The largest absolute Gasteiger partial charge is 0.468 e. The maximum atomic E-state index is 15.2. The Kier molecular flexibility index (Phi) is 32.3. The van der Waals surface area contributed by atoms with Crippen LogP contribution in [-0.4, -0.2) is 211 Å². The fourth-order valence-corrected chi connectivity index (χ4v) is 9.45. The Bertz CT molecular complexity index is 2170. The van der Waals surface area contributed by atoms with Gasteiger partial charge in [0.05, 0.1) is 13.2 Å². The molecule has 0 spiro atoms. The molecule has 464 valence electrons. The van der Waals surface area contributed by atoms with Crippen LogP contribution < -0.4 is 21.7 Å². The molecule has 0 aliphatic carbocycles. The van der Waals surface area contributed by atoms with Gasteiger partial charge in [-0.25, -0.2) is 0 Å². The first kappa shape index (κ1) is 74.9. The number of methoxy groups -OCH3 is 1. The second-order valence-electron chi connectivity index (χ2n) is 23.6. The highest BCUT2D eigenvalue weighted by Crippen LogP contribution is 2.26. The zero-order chi connectivity index (χ0) is 63.2. The van der Waals surface area contributed by atoms with E-state index in [9.17, 15) is 43.2 Å². The molecule has 0 aliphatic heterocycles. The van der Waals surface area contributed by atoms with Crippen LogP contribution >= 0.6 is 0 Å². The van der Waals surface area contributed by atoms with Gasteiger partial charge in [0.25, 0.3) is 0 Å². The lowest BCUT2D eigenvalue weighted by molar-refractivity contribution is -0.164. The van der Waals surface area contributed by atoms with Gasteiger partial charge in [0.15, 0.2) is 0 Å². The highest BCUT2D eigenvalue weighted by Gasteiger charge is 2.46. The number of nitrogens with zero attached hydrogens (tertiary/aromatic N) is 6. The van der Waals surface area contributed by atoms with Crippen LogP contribution in [0.25, 0.3) is 0 Å². The first-order chi connectivity index (χ1) is 37.4. The van der Waals surface area contributed by atoms with Crippen molar-refractivity contribution in [1.29, 1.82) is 0 Å². The third-order valence-electron chi connectivity index (χ3n) is 14.5. The summed E-state index contributed by atoms with van der Waals surface area (Å²) >= 11 is 0. The smallest absolute Gasteiger partial charge is 0.325 e. The highest BCUT2D eigenvalue weighted by atomic mass is 16.5. The van der Waals surface area contributed by atoms with E-state index in [2.05, 4.69) is 16.0 Å². The standard InChI is InChI=1S/C58H104N10O13/c1-24-26-27-37(13)49(81-40(16)69)48(52(73)62-41(25-2)54(75)63(17)31-45(70)80-23)68(22)58(79)47(36(11)12)67(21)56(77)44(30-34(7)8)66(20)55(76)43(29-33(5)6)65(19)53(74)39(15)61-50(71)38(14)60-51(72)42(28-32(3)4)64(18)57(78)46(59)35(9)10/h24,26,32-39,41-44,46-49H,25,27-31,59H2,1-23H3,(H,60,72)(H,61,71)(H,62,73). The third kappa shape index (κ3) is 22.6. The van der Waals surface area contributed by atoms with E-state index >= 15 is 9.59 Å². The number of carbonyl (C=O) groups is 11. The van der Waals surface area contributed by atoms with Gasteiger partial charge in [0.2, 0.25) is 53.2 Å². The Morgan fingerprint density at radius 3 is 1.40 bits per heavy atom. The summed E-state index contributed by atoms with van der Waals surface area (Å²) in [5.41, 5.74) is 6.14. The van der Waals surface area contributed by atoms with Crippen LogP contribution in [0.2, 0.25) is 0 Å². The van der Waals surface area contributed by atoms with Gasteiger partial charge in [-0.15, -0.1) is 0 Å². The van der Waals surface area contributed by atoms with Crippen molar-refractivity contribution < 1.29 is 62.2 Å². The molecule has 0 fully saturated rings. The number of hydrogen-bond donors (Lipinski definition) is 4. The van der Waals surface area contributed by atoms with E-state index in [1.807, 2.05) is 47.6 Å². The molecular formula is C58H104N10O13. The van der Waals surface area contributed by atoms with Gasteiger partial charge in [0.1, 0.15) is 61.0 Å². The molecule has 0 aromatic heterocycles. The number of rotatable bonds is 33. The molecule has 11 unspecified atom stereocenters. The molecule has 0 aromatic carbocycles. The Labute approximate surface area is 483 Å². The SMILES string of the molecule is CC=CCC(C)C(OC(C)=O)C(C(=O)NC(CC)C(=O)N(C)CC(=O)OC)N(C)C(=O)C(C(C)C)N(C)C(=O)C(CC(C)C)N(C)C(=O)C(CC(C)C)N(C)C(=O)C(C)NC(=O)C(C)NC(=O)C(CC(C)C)N(C)C(=O)C(N)C(C)C. The van der Waals surface area contributed by atoms with Crippen molar-refractivity contribution in [2.75, 3.05) is 55.9 Å². The molecule has 0 aliphatic rings. The van der Waals surface area contributed by atoms with E-state index in [0.717, 1.165) is 9.80 Å². The molecule has 0 saturated heterocycles. The molecule has 81 heavy (non-hydrogen) atoms. The van der Waals surface area contributed by atoms with Gasteiger partial charge in [-0.05, 0) is 88.4 Å². The van der Waals surface area contributed by atoms with E-state index in [4.69, 9.17) is 15.2 Å². The molecule has 0 bridgehead atoms. The summed E-state index contributed by atoms with van der Waals surface area (Å²) in [5.74, 6) is -8.77. The van der Waals surface area contributed by atoms with Crippen molar-refractivity contribution in [3.05, 3.63) is 12.2 Å². The first-order valence-electron chi connectivity index (χ1n) is 28.5. The molecule has 23 nitrogen and oxygen atoms in total. The third-order valence-corrected chi connectivity index (χ3v) is 14.5. The summed E-state index contributed by atoms with van der Waals surface area (Å²) in [6.45, 7) is 27.2. The van der Waals surface area contributed by atoms with E-state index < -0.39 is 144 Å². The Balaban J connectivity index is 7.20. The van der Waals surface area contributed by atoms with Crippen LogP contribution in [0, 0.1) is 35.5 Å². The van der Waals surface area contributed by atoms with Gasteiger partial charge in [-0.1, -0.05) is 95.2 Å². The van der Waals surface area contributed by atoms with Crippen LogP contribution in [0.15, 0.2) is 12.2 Å². The molecule has 0 saturated carbocycles. The Morgan fingerprint density at radius 2 is 0.963 bits per heavy atom. The molecule has 9 amide bonds. The number of allylic oxidation sites excluding steroid dienone is 2. The number of hydrogen-bond acceptors (Lipinski definition) is 14. The first-order valence-corrected chi connectivity index (χ1v) is 28.5. The summed E-state index contributed by atoms with van der Waals surface area (Å²) in [5, 5.41) is 8.06. The number of ether oxygens (including phenoxy) is 2. The topological polar surface area (TPSA) is 288 Å².